The Morgan fingerprint density at radius 3 is 2.60 bits per heavy atom. The molecule has 0 radical (unpaired) electrons. The summed E-state index contributed by atoms with van der Waals surface area (Å²) in [5.74, 6) is 1.29. The van der Waals surface area contributed by atoms with Gasteiger partial charge < -0.3 is 5.11 Å². The zero-order valence-corrected chi connectivity index (χ0v) is 9.92. The summed E-state index contributed by atoms with van der Waals surface area (Å²) in [5.41, 5.74) is 2.03. The van der Waals surface area contributed by atoms with Crippen LogP contribution in [0.3, 0.4) is 0 Å². The van der Waals surface area contributed by atoms with E-state index in [1.165, 1.54) is 25.7 Å². The van der Waals surface area contributed by atoms with E-state index in [4.69, 9.17) is 0 Å². The zero-order valence-electron chi connectivity index (χ0n) is 9.92. The molecule has 0 aliphatic heterocycles. The second-order valence-corrected chi connectivity index (χ2v) is 5.69. The van der Waals surface area contributed by atoms with Crippen LogP contribution in [0.2, 0.25) is 0 Å². The van der Waals surface area contributed by atoms with Crippen molar-refractivity contribution in [2.24, 2.45) is 11.3 Å². The second-order valence-electron chi connectivity index (χ2n) is 5.69. The lowest BCUT2D eigenvalue weighted by molar-refractivity contribution is 0.163. The summed E-state index contributed by atoms with van der Waals surface area (Å²) >= 11 is 0. The van der Waals surface area contributed by atoms with Crippen LogP contribution in [-0.2, 0) is 0 Å². The smallest absolute Gasteiger partial charge is 0.0925 e. The van der Waals surface area contributed by atoms with Crippen LogP contribution in [0.25, 0.3) is 0 Å². The van der Waals surface area contributed by atoms with Crippen molar-refractivity contribution >= 4 is 0 Å². The molecule has 1 saturated carbocycles. The highest BCUT2D eigenvalue weighted by molar-refractivity contribution is 5.24. The Morgan fingerprint density at radius 1 is 1.20 bits per heavy atom. The molecule has 2 rings (SSSR count). The van der Waals surface area contributed by atoms with Crippen LogP contribution in [0.15, 0.2) is 23.5 Å². The van der Waals surface area contributed by atoms with E-state index in [0.717, 1.165) is 18.8 Å². The van der Waals surface area contributed by atoms with Crippen LogP contribution >= 0.6 is 0 Å². The van der Waals surface area contributed by atoms with E-state index < -0.39 is 0 Å². The Balaban J connectivity index is 2.15. The highest BCUT2D eigenvalue weighted by Crippen LogP contribution is 2.46. The van der Waals surface area contributed by atoms with Crippen molar-refractivity contribution in [3.63, 3.8) is 0 Å². The lowest BCUT2D eigenvalue weighted by Gasteiger charge is -2.40. The molecular formula is C14H22O. The highest BCUT2D eigenvalue weighted by atomic mass is 16.3. The van der Waals surface area contributed by atoms with Crippen molar-refractivity contribution in [1.82, 2.24) is 0 Å². The molecule has 1 heteroatoms. The third kappa shape index (κ3) is 2.27. The molecule has 1 nitrogen and oxygen atoms in total. The summed E-state index contributed by atoms with van der Waals surface area (Å²) in [6, 6.07) is 0. The van der Waals surface area contributed by atoms with E-state index in [9.17, 15) is 5.11 Å². The van der Waals surface area contributed by atoms with Crippen LogP contribution in [0.4, 0.5) is 0 Å². The highest BCUT2D eigenvalue weighted by Gasteiger charge is 2.34. The van der Waals surface area contributed by atoms with Gasteiger partial charge in [-0.1, -0.05) is 38.3 Å². The van der Waals surface area contributed by atoms with Gasteiger partial charge in [-0.15, -0.1) is 0 Å². The zero-order chi connectivity index (χ0) is 10.9. The van der Waals surface area contributed by atoms with E-state index in [-0.39, 0.29) is 0 Å². The summed E-state index contributed by atoms with van der Waals surface area (Å²) in [7, 11) is 0. The molecular weight excluding hydrogens is 184 g/mol. The predicted octanol–water partition coefficient (Wildman–Crippen LogP) is 4.36. The van der Waals surface area contributed by atoms with E-state index in [1.54, 1.807) is 5.57 Å². The minimum Gasteiger partial charge on any atom is -0.512 e. The third-order valence-electron chi connectivity index (χ3n) is 4.11. The van der Waals surface area contributed by atoms with Crippen molar-refractivity contribution in [3.05, 3.63) is 23.5 Å². The molecule has 0 aromatic rings. The average Bonchev–Trinajstić information content (AvgIpc) is 2.19. The summed E-state index contributed by atoms with van der Waals surface area (Å²) in [6.07, 6.45) is 11.4. The monoisotopic (exact) mass is 206 g/mol. The molecule has 1 N–H and O–H groups in total. The van der Waals surface area contributed by atoms with Crippen LogP contribution in [0, 0.1) is 11.3 Å². The van der Waals surface area contributed by atoms with E-state index >= 15 is 0 Å². The SMILES string of the molecule is CC1(C)CCCCC1C1=CC=C(O)CC1. The lowest BCUT2D eigenvalue weighted by atomic mass is 9.65. The fourth-order valence-electron chi connectivity index (χ4n) is 3.11. The standard InChI is InChI=1S/C14H22O/c1-14(2)10-4-3-5-13(14)11-6-8-12(15)9-7-11/h6,8,13,15H,3-5,7,9-10H2,1-2H3. The first-order valence-electron chi connectivity index (χ1n) is 6.18. The molecule has 0 amide bonds. The minimum atomic E-state index is 0.463. The van der Waals surface area contributed by atoms with Crippen LogP contribution in [0.5, 0.6) is 0 Å². The Bertz CT molecular complexity index is 296. The second kappa shape index (κ2) is 4.03. The lowest BCUT2D eigenvalue weighted by Crippen LogP contribution is -2.29. The van der Waals surface area contributed by atoms with Gasteiger partial charge >= 0.3 is 0 Å². The third-order valence-corrected chi connectivity index (χ3v) is 4.11. The molecule has 0 bridgehead atoms. The van der Waals surface area contributed by atoms with E-state index in [2.05, 4.69) is 19.9 Å². The van der Waals surface area contributed by atoms with E-state index in [0.29, 0.717) is 11.2 Å². The molecule has 84 valence electrons. The van der Waals surface area contributed by atoms with Crippen molar-refractivity contribution in [3.8, 4) is 0 Å². The Morgan fingerprint density at radius 2 is 2.00 bits per heavy atom. The van der Waals surface area contributed by atoms with Crippen LogP contribution in [-0.4, -0.2) is 5.11 Å². The van der Waals surface area contributed by atoms with Crippen LogP contribution < -0.4 is 0 Å². The van der Waals surface area contributed by atoms with Crippen molar-refractivity contribution in [2.45, 2.75) is 52.4 Å². The fourth-order valence-corrected chi connectivity index (χ4v) is 3.11. The van der Waals surface area contributed by atoms with Crippen molar-refractivity contribution in [1.29, 1.82) is 0 Å². The van der Waals surface area contributed by atoms with Gasteiger partial charge in [0, 0.05) is 6.42 Å². The topological polar surface area (TPSA) is 20.2 Å². The maximum atomic E-state index is 9.37. The summed E-state index contributed by atoms with van der Waals surface area (Å²) in [4.78, 5) is 0. The summed E-state index contributed by atoms with van der Waals surface area (Å²) in [6.45, 7) is 4.80. The Hall–Kier alpha value is -0.720. The molecule has 1 unspecified atom stereocenters. The summed E-state index contributed by atoms with van der Waals surface area (Å²) < 4.78 is 0. The van der Waals surface area contributed by atoms with Gasteiger partial charge in [0.05, 0.1) is 5.76 Å². The largest absolute Gasteiger partial charge is 0.512 e. The number of aliphatic hydroxyl groups excluding tert-OH is 1. The molecule has 1 fully saturated rings. The molecule has 2 aliphatic carbocycles. The number of hydrogen-bond donors (Lipinski definition) is 1. The molecule has 0 heterocycles. The Kier molecular flexibility index (Phi) is 2.90. The van der Waals surface area contributed by atoms with Gasteiger partial charge in [0.2, 0.25) is 0 Å². The fraction of sp³-hybridized carbons (Fsp3) is 0.714. The number of rotatable bonds is 1. The molecule has 1 atom stereocenters. The molecule has 0 spiro atoms. The van der Waals surface area contributed by atoms with Gasteiger partial charge in [0.25, 0.3) is 0 Å². The van der Waals surface area contributed by atoms with Gasteiger partial charge in [-0.3, -0.25) is 0 Å². The average molecular weight is 206 g/mol. The van der Waals surface area contributed by atoms with Gasteiger partial charge in [0.1, 0.15) is 0 Å². The quantitative estimate of drug-likeness (QED) is 0.675. The maximum absolute atomic E-state index is 9.37. The number of aliphatic hydroxyl groups is 1. The Labute approximate surface area is 92.9 Å². The molecule has 0 aromatic heterocycles. The summed E-state index contributed by atoms with van der Waals surface area (Å²) in [5, 5.41) is 9.37. The van der Waals surface area contributed by atoms with Crippen molar-refractivity contribution < 1.29 is 5.11 Å². The van der Waals surface area contributed by atoms with Gasteiger partial charge in [-0.05, 0) is 36.7 Å². The number of hydrogen-bond acceptors (Lipinski definition) is 1. The van der Waals surface area contributed by atoms with E-state index in [1.807, 2.05) is 6.08 Å². The molecule has 15 heavy (non-hydrogen) atoms. The van der Waals surface area contributed by atoms with Gasteiger partial charge in [0.15, 0.2) is 0 Å². The minimum absolute atomic E-state index is 0.463. The predicted molar refractivity (Wildman–Crippen MR) is 63.8 cm³/mol. The van der Waals surface area contributed by atoms with Crippen LogP contribution in [0.1, 0.15) is 52.4 Å². The first kappa shape index (κ1) is 10.8. The molecule has 0 saturated heterocycles. The first-order valence-corrected chi connectivity index (χ1v) is 6.18. The van der Waals surface area contributed by atoms with Crippen molar-refractivity contribution in [2.75, 3.05) is 0 Å². The normalized spacial score (nSPS) is 30.7. The molecule has 2 aliphatic rings. The van der Waals surface area contributed by atoms with Gasteiger partial charge in [-0.2, -0.15) is 0 Å². The molecule has 0 aromatic carbocycles. The van der Waals surface area contributed by atoms with Gasteiger partial charge in [-0.25, -0.2) is 0 Å². The first-order chi connectivity index (χ1) is 7.09. The maximum Gasteiger partial charge on any atom is 0.0925 e. The number of allylic oxidation sites excluding steroid dienone is 4.